The molecule has 0 saturated carbocycles. The summed E-state index contributed by atoms with van der Waals surface area (Å²) < 4.78 is 42.5. The molecule has 148 valence electrons. The fraction of sp³-hybridized carbons (Fsp3) is 0.200. The Morgan fingerprint density at radius 3 is 2.52 bits per heavy atom. The summed E-state index contributed by atoms with van der Waals surface area (Å²) in [7, 11) is 0. The molecule has 1 aliphatic rings. The molecular weight excluding hydrogens is 385 g/mol. The van der Waals surface area contributed by atoms with Crippen LogP contribution in [0.25, 0.3) is 0 Å². The standard InChI is InChI=1S/C20H15F3N4O2/c21-20(22,23)11-16-26-27-19(29-16)25-18-15(28)10-13-8-4-5-9-14(13)17(24-18)12-6-2-1-3-7-12/h1-9,18H,10-11H2,(H,25,27)/t18-/m1/s1. The van der Waals surface area contributed by atoms with Gasteiger partial charge in [-0.3, -0.25) is 9.79 Å². The van der Waals surface area contributed by atoms with Crippen molar-refractivity contribution < 1.29 is 22.4 Å². The van der Waals surface area contributed by atoms with E-state index >= 15 is 0 Å². The highest BCUT2D eigenvalue weighted by Crippen LogP contribution is 2.24. The van der Waals surface area contributed by atoms with Gasteiger partial charge in [-0.25, -0.2) is 0 Å². The Balaban J connectivity index is 1.68. The van der Waals surface area contributed by atoms with Gasteiger partial charge in [0.25, 0.3) is 0 Å². The molecule has 0 radical (unpaired) electrons. The Labute approximate surface area is 163 Å². The molecule has 0 bridgehead atoms. The molecule has 1 atom stereocenters. The van der Waals surface area contributed by atoms with E-state index in [0.717, 1.165) is 16.7 Å². The minimum Gasteiger partial charge on any atom is -0.408 e. The Morgan fingerprint density at radius 1 is 1.03 bits per heavy atom. The SMILES string of the molecule is O=C1Cc2ccccc2C(c2ccccc2)=N[C@@H]1Nc1nnc(CC(F)(F)F)o1. The van der Waals surface area contributed by atoms with Gasteiger partial charge in [0.2, 0.25) is 5.89 Å². The zero-order chi connectivity index (χ0) is 20.4. The first-order valence-corrected chi connectivity index (χ1v) is 8.79. The molecule has 4 rings (SSSR count). The number of anilines is 1. The van der Waals surface area contributed by atoms with Crippen molar-refractivity contribution in [2.45, 2.75) is 25.2 Å². The predicted molar refractivity (Wildman–Crippen MR) is 98.7 cm³/mol. The van der Waals surface area contributed by atoms with Gasteiger partial charge in [-0.2, -0.15) is 13.2 Å². The highest BCUT2D eigenvalue weighted by Gasteiger charge is 2.32. The molecular formula is C20H15F3N4O2. The molecule has 9 heteroatoms. The molecule has 2 heterocycles. The average Bonchev–Trinajstić information content (AvgIpc) is 3.05. The molecule has 2 aromatic carbocycles. The molecule has 0 spiro atoms. The van der Waals surface area contributed by atoms with E-state index in [0.29, 0.717) is 5.71 Å². The highest BCUT2D eigenvalue weighted by molar-refractivity contribution is 6.16. The summed E-state index contributed by atoms with van der Waals surface area (Å²) in [5.41, 5.74) is 3.04. The Hall–Kier alpha value is -3.49. The van der Waals surface area contributed by atoms with Gasteiger partial charge in [0.15, 0.2) is 11.9 Å². The monoisotopic (exact) mass is 400 g/mol. The third kappa shape index (κ3) is 4.34. The van der Waals surface area contributed by atoms with Crippen LogP contribution in [0.1, 0.15) is 22.6 Å². The van der Waals surface area contributed by atoms with Crippen molar-refractivity contribution >= 4 is 17.5 Å². The molecule has 3 aromatic rings. The van der Waals surface area contributed by atoms with Crippen LogP contribution in [0, 0.1) is 0 Å². The van der Waals surface area contributed by atoms with E-state index in [1.54, 1.807) is 0 Å². The number of ketones is 1. The third-order valence-electron chi connectivity index (χ3n) is 4.33. The number of carbonyl (C=O) groups is 1. The lowest BCUT2D eigenvalue weighted by Crippen LogP contribution is -2.29. The second-order valence-corrected chi connectivity index (χ2v) is 6.48. The number of carbonyl (C=O) groups excluding carboxylic acids is 1. The van der Waals surface area contributed by atoms with E-state index < -0.39 is 24.7 Å². The summed E-state index contributed by atoms with van der Waals surface area (Å²) >= 11 is 0. The van der Waals surface area contributed by atoms with Crippen LogP contribution in [0.2, 0.25) is 0 Å². The van der Waals surface area contributed by atoms with E-state index in [2.05, 4.69) is 20.5 Å². The number of aliphatic imine (C=N–C) groups is 1. The summed E-state index contributed by atoms with van der Waals surface area (Å²) in [6.07, 6.45) is -6.78. The van der Waals surface area contributed by atoms with Crippen molar-refractivity contribution in [3.05, 3.63) is 77.2 Å². The van der Waals surface area contributed by atoms with E-state index in [1.807, 2.05) is 54.6 Å². The first kappa shape index (κ1) is 18.9. The molecule has 1 aliphatic heterocycles. The van der Waals surface area contributed by atoms with Crippen molar-refractivity contribution in [3.8, 4) is 0 Å². The first-order chi connectivity index (χ1) is 13.9. The molecule has 0 amide bonds. The minimum atomic E-state index is -4.47. The lowest BCUT2D eigenvalue weighted by atomic mass is 9.96. The van der Waals surface area contributed by atoms with Crippen molar-refractivity contribution in [2.24, 2.45) is 4.99 Å². The van der Waals surface area contributed by atoms with Gasteiger partial charge in [0, 0.05) is 17.5 Å². The number of halogens is 3. The van der Waals surface area contributed by atoms with Crippen LogP contribution < -0.4 is 5.32 Å². The Kier molecular flexibility index (Phi) is 4.87. The minimum absolute atomic E-state index is 0.108. The zero-order valence-electron chi connectivity index (χ0n) is 15.0. The van der Waals surface area contributed by atoms with Crippen LogP contribution in [0.5, 0.6) is 0 Å². The molecule has 0 aliphatic carbocycles. The maximum absolute atomic E-state index is 12.8. The van der Waals surface area contributed by atoms with Crippen molar-refractivity contribution in [3.63, 3.8) is 0 Å². The fourth-order valence-corrected chi connectivity index (χ4v) is 3.07. The van der Waals surface area contributed by atoms with E-state index in [4.69, 9.17) is 4.42 Å². The van der Waals surface area contributed by atoms with Crippen LogP contribution in [0.3, 0.4) is 0 Å². The van der Waals surface area contributed by atoms with E-state index in [9.17, 15) is 18.0 Å². The summed E-state index contributed by atoms with van der Waals surface area (Å²) in [5.74, 6) is -0.851. The number of Topliss-reactive ketones (excluding diaryl/α,β-unsaturated/α-hetero) is 1. The van der Waals surface area contributed by atoms with Crippen molar-refractivity contribution in [1.29, 1.82) is 0 Å². The van der Waals surface area contributed by atoms with Crippen LogP contribution in [-0.4, -0.2) is 34.0 Å². The van der Waals surface area contributed by atoms with Crippen LogP contribution >= 0.6 is 0 Å². The Bertz CT molecular complexity index is 1060. The summed E-state index contributed by atoms with van der Waals surface area (Å²) in [6.45, 7) is 0. The maximum Gasteiger partial charge on any atom is 0.397 e. The fourth-order valence-electron chi connectivity index (χ4n) is 3.07. The molecule has 6 nitrogen and oxygen atoms in total. The van der Waals surface area contributed by atoms with Gasteiger partial charge >= 0.3 is 12.2 Å². The van der Waals surface area contributed by atoms with Gasteiger partial charge in [0.05, 0.1) is 5.71 Å². The summed E-state index contributed by atoms with van der Waals surface area (Å²) in [6, 6.07) is 16.5. The van der Waals surface area contributed by atoms with E-state index in [-0.39, 0.29) is 18.2 Å². The smallest absolute Gasteiger partial charge is 0.397 e. The second kappa shape index (κ2) is 7.50. The average molecular weight is 400 g/mol. The van der Waals surface area contributed by atoms with Gasteiger partial charge in [-0.15, -0.1) is 5.10 Å². The summed E-state index contributed by atoms with van der Waals surface area (Å²) in [5, 5.41) is 9.60. The second-order valence-electron chi connectivity index (χ2n) is 6.48. The van der Waals surface area contributed by atoms with Gasteiger partial charge in [-0.05, 0) is 5.56 Å². The van der Waals surface area contributed by atoms with Crippen LogP contribution in [-0.2, 0) is 17.6 Å². The van der Waals surface area contributed by atoms with Crippen LogP contribution in [0.15, 0.2) is 64.0 Å². The number of rotatable bonds is 4. The Morgan fingerprint density at radius 2 is 1.76 bits per heavy atom. The number of hydrogen-bond acceptors (Lipinski definition) is 6. The summed E-state index contributed by atoms with van der Waals surface area (Å²) in [4.78, 5) is 17.3. The topological polar surface area (TPSA) is 80.4 Å². The van der Waals surface area contributed by atoms with Gasteiger partial charge in [0.1, 0.15) is 6.42 Å². The van der Waals surface area contributed by atoms with Gasteiger partial charge in [-0.1, -0.05) is 59.7 Å². The number of alkyl halides is 3. The maximum atomic E-state index is 12.8. The molecule has 0 fully saturated rings. The normalized spacial score (nSPS) is 16.7. The van der Waals surface area contributed by atoms with Crippen LogP contribution in [0.4, 0.5) is 19.2 Å². The lowest BCUT2D eigenvalue weighted by Gasteiger charge is -2.11. The predicted octanol–water partition coefficient (Wildman–Crippen LogP) is 3.58. The number of benzene rings is 2. The molecule has 1 aromatic heterocycles. The largest absolute Gasteiger partial charge is 0.408 e. The van der Waals surface area contributed by atoms with E-state index in [1.165, 1.54) is 0 Å². The highest BCUT2D eigenvalue weighted by atomic mass is 19.4. The quantitative estimate of drug-likeness (QED) is 0.724. The lowest BCUT2D eigenvalue weighted by molar-refractivity contribution is -0.130. The number of hydrogen-bond donors (Lipinski definition) is 1. The third-order valence-corrected chi connectivity index (χ3v) is 4.33. The number of nitrogens with one attached hydrogen (secondary N) is 1. The van der Waals surface area contributed by atoms with Gasteiger partial charge < -0.3 is 9.73 Å². The zero-order valence-corrected chi connectivity index (χ0v) is 15.0. The first-order valence-electron chi connectivity index (χ1n) is 8.79. The molecule has 0 saturated heterocycles. The van der Waals surface area contributed by atoms with Crippen molar-refractivity contribution in [1.82, 2.24) is 10.2 Å². The number of fused-ring (bicyclic) bond motifs is 1. The number of nitrogens with zero attached hydrogens (tertiary/aromatic N) is 3. The molecule has 0 unspecified atom stereocenters. The number of aromatic nitrogens is 2. The molecule has 1 N–H and O–H groups in total. The molecule has 29 heavy (non-hydrogen) atoms. The van der Waals surface area contributed by atoms with Crippen molar-refractivity contribution in [2.75, 3.05) is 5.32 Å².